The van der Waals surface area contributed by atoms with Crippen molar-refractivity contribution in [1.82, 2.24) is 5.32 Å². The number of hydrogen-bond acceptors (Lipinski definition) is 5. The van der Waals surface area contributed by atoms with E-state index in [0.717, 1.165) is 44.9 Å². The Labute approximate surface area is 481 Å². The zero-order chi connectivity index (χ0) is 55.7. The van der Waals surface area contributed by atoms with E-state index in [9.17, 15) is 19.8 Å². The Bertz CT molecular complexity index is 1200. The lowest BCUT2D eigenvalue weighted by molar-refractivity contribution is -0.143. The molecule has 0 saturated heterocycles. The molecule has 1 amide bonds. The fourth-order valence-electron chi connectivity index (χ4n) is 11.1. The molecule has 0 spiro atoms. The summed E-state index contributed by atoms with van der Waals surface area (Å²) < 4.78 is 5.47. The summed E-state index contributed by atoms with van der Waals surface area (Å²) in [5.41, 5.74) is 0. The van der Waals surface area contributed by atoms with Gasteiger partial charge in [0.25, 0.3) is 0 Å². The molecule has 0 saturated carbocycles. The molecule has 6 nitrogen and oxygen atoms in total. The van der Waals surface area contributed by atoms with E-state index in [0.29, 0.717) is 19.4 Å². The number of hydrogen-bond donors (Lipinski definition) is 3. The lowest BCUT2D eigenvalue weighted by Gasteiger charge is -2.20. The van der Waals surface area contributed by atoms with Crippen molar-refractivity contribution >= 4 is 11.9 Å². The van der Waals surface area contributed by atoms with E-state index < -0.39 is 12.1 Å². The zero-order valence-corrected chi connectivity index (χ0v) is 52.2. The molecule has 0 aromatic rings. The molecule has 0 aromatic carbocycles. The molecule has 0 aliphatic rings. The maximum Gasteiger partial charge on any atom is 0.305 e. The van der Waals surface area contributed by atoms with Crippen molar-refractivity contribution in [2.45, 2.75) is 405 Å². The van der Waals surface area contributed by atoms with Crippen molar-refractivity contribution in [2.75, 3.05) is 13.2 Å². The molecule has 0 aliphatic carbocycles. The summed E-state index contributed by atoms with van der Waals surface area (Å²) in [6.45, 7) is 4.90. The Balaban J connectivity index is 3.38. The summed E-state index contributed by atoms with van der Waals surface area (Å²) in [4.78, 5) is 24.5. The van der Waals surface area contributed by atoms with E-state index in [1.54, 1.807) is 6.08 Å². The van der Waals surface area contributed by atoms with Crippen LogP contribution < -0.4 is 5.32 Å². The molecular formula is C71H137NO5. The number of nitrogens with one attached hydrogen (secondary N) is 1. The molecule has 0 heterocycles. The van der Waals surface area contributed by atoms with Gasteiger partial charge < -0.3 is 20.3 Å². The Morgan fingerprint density at radius 2 is 0.623 bits per heavy atom. The largest absolute Gasteiger partial charge is 0.466 e. The van der Waals surface area contributed by atoms with Crippen LogP contribution in [0.3, 0.4) is 0 Å². The smallest absolute Gasteiger partial charge is 0.305 e. The van der Waals surface area contributed by atoms with Crippen LogP contribution in [0.2, 0.25) is 0 Å². The van der Waals surface area contributed by atoms with Gasteiger partial charge in [0.05, 0.1) is 25.4 Å². The summed E-state index contributed by atoms with van der Waals surface area (Å²) in [7, 11) is 0. The van der Waals surface area contributed by atoms with Crippen LogP contribution in [0.15, 0.2) is 24.3 Å². The first-order chi connectivity index (χ1) is 38.0. The van der Waals surface area contributed by atoms with Crippen LogP contribution in [0.4, 0.5) is 0 Å². The van der Waals surface area contributed by atoms with Gasteiger partial charge in [0.1, 0.15) is 0 Å². The van der Waals surface area contributed by atoms with Gasteiger partial charge in [-0.2, -0.15) is 0 Å². The molecule has 0 radical (unpaired) electrons. The van der Waals surface area contributed by atoms with E-state index in [1.165, 1.54) is 321 Å². The normalized spacial score (nSPS) is 12.6. The summed E-state index contributed by atoms with van der Waals surface area (Å²) in [6, 6.07) is -0.627. The highest BCUT2D eigenvalue weighted by Crippen LogP contribution is 2.19. The number of unbranched alkanes of at least 4 members (excludes halogenated alkanes) is 53. The van der Waals surface area contributed by atoms with E-state index in [4.69, 9.17) is 4.74 Å². The van der Waals surface area contributed by atoms with Gasteiger partial charge in [-0.25, -0.2) is 0 Å². The first-order valence-electron chi connectivity index (χ1n) is 35.1. The van der Waals surface area contributed by atoms with Crippen LogP contribution in [0, 0.1) is 0 Å². The molecule has 0 bridgehead atoms. The van der Waals surface area contributed by atoms with Gasteiger partial charge in [0.15, 0.2) is 0 Å². The fourth-order valence-corrected chi connectivity index (χ4v) is 11.1. The maximum atomic E-state index is 12.5. The summed E-state index contributed by atoms with van der Waals surface area (Å²) in [6.07, 6.45) is 84.0. The molecule has 0 rings (SSSR count). The molecule has 77 heavy (non-hydrogen) atoms. The van der Waals surface area contributed by atoms with Gasteiger partial charge in [-0.05, 0) is 51.4 Å². The summed E-state index contributed by atoms with van der Waals surface area (Å²) in [5.74, 6) is -0.0539. The number of allylic oxidation sites excluding steroid dienone is 3. The van der Waals surface area contributed by atoms with Crippen molar-refractivity contribution in [1.29, 1.82) is 0 Å². The van der Waals surface area contributed by atoms with Crippen LogP contribution >= 0.6 is 0 Å². The van der Waals surface area contributed by atoms with Crippen LogP contribution in [0.5, 0.6) is 0 Å². The van der Waals surface area contributed by atoms with E-state index in [2.05, 4.69) is 31.3 Å². The third-order valence-electron chi connectivity index (χ3n) is 16.5. The van der Waals surface area contributed by atoms with E-state index in [1.807, 2.05) is 6.08 Å². The standard InChI is InChI=1S/C71H137NO5/c1-3-5-7-9-11-13-15-16-17-18-19-20-28-31-34-37-40-44-47-51-55-59-63-69(74)68(67-73)72-70(75)64-60-56-52-48-45-41-38-35-32-29-26-24-22-21-23-25-27-30-33-36-39-42-46-50-54-58-62-66-77-71(76)65-61-57-53-49-43-14-12-10-8-6-4-2/h10,12,59,63,68-69,73-74H,3-9,11,13-58,60-62,64-67H2,1-2H3,(H,72,75)/b12-10-,63-59+. The number of amides is 1. The Kier molecular flexibility index (Phi) is 65.4. The first-order valence-corrected chi connectivity index (χ1v) is 35.1. The average molecular weight is 1080 g/mol. The second-order valence-electron chi connectivity index (χ2n) is 24.2. The molecule has 6 heteroatoms. The maximum absolute atomic E-state index is 12.5. The number of aliphatic hydroxyl groups is 2. The minimum Gasteiger partial charge on any atom is -0.466 e. The molecule has 0 aliphatic heterocycles. The third kappa shape index (κ3) is 63.4. The second kappa shape index (κ2) is 66.8. The molecule has 2 unspecified atom stereocenters. The number of carbonyl (C=O) groups excluding carboxylic acids is 2. The second-order valence-corrected chi connectivity index (χ2v) is 24.2. The number of ether oxygens (including phenoxy) is 1. The van der Waals surface area contributed by atoms with Crippen LogP contribution in [-0.4, -0.2) is 47.4 Å². The average Bonchev–Trinajstić information content (AvgIpc) is 3.43. The highest BCUT2D eigenvalue weighted by molar-refractivity contribution is 5.76. The van der Waals surface area contributed by atoms with Gasteiger partial charge >= 0.3 is 5.97 Å². The number of rotatable bonds is 66. The number of carbonyl (C=O) groups is 2. The van der Waals surface area contributed by atoms with Crippen molar-refractivity contribution < 1.29 is 24.5 Å². The Morgan fingerprint density at radius 1 is 0.351 bits per heavy atom. The predicted molar refractivity (Wildman–Crippen MR) is 338 cm³/mol. The van der Waals surface area contributed by atoms with Crippen LogP contribution in [0.1, 0.15) is 393 Å². The lowest BCUT2D eigenvalue weighted by atomic mass is 10.0. The van der Waals surface area contributed by atoms with Gasteiger partial charge in [0.2, 0.25) is 5.91 Å². The monoisotopic (exact) mass is 1080 g/mol. The molecule has 0 fully saturated rings. The topological polar surface area (TPSA) is 95.9 Å². The van der Waals surface area contributed by atoms with Gasteiger partial charge in [-0.15, -0.1) is 0 Å². The third-order valence-corrected chi connectivity index (χ3v) is 16.5. The highest BCUT2D eigenvalue weighted by Gasteiger charge is 2.18. The number of esters is 1. The molecule has 456 valence electrons. The van der Waals surface area contributed by atoms with Gasteiger partial charge in [-0.1, -0.05) is 353 Å². The summed E-state index contributed by atoms with van der Waals surface area (Å²) in [5, 5.41) is 23.3. The lowest BCUT2D eigenvalue weighted by Crippen LogP contribution is -2.45. The van der Waals surface area contributed by atoms with Crippen LogP contribution in [-0.2, 0) is 14.3 Å². The number of aliphatic hydroxyl groups excluding tert-OH is 2. The van der Waals surface area contributed by atoms with Gasteiger partial charge in [0, 0.05) is 12.8 Å². The van der Waals surface area contributed by atoms with E-state index >= 15 is 0 Å². The van der Waals surface area contributed by atoms with Crippen LogP contribution in [0.25, 0.3) is 0 Å². The van der Waals surface area contributed by atoms with Crippen molar-refractivity contribution in [3.63, 3.8) is 0 Å². The minimum absolute atomic E-state index is 0.00715. The minimum atomic E-state index is -0.843. The van der Waals surface area contributed by atoms with Crippen molar-refractivity contribution in [2.24, 2.45) is 0 Å². The van der Waals surface area contributed by atoms with E-state index in [-0.39, 0.29) is 18.5 Å². The van der Waals surface area contributed by atoms with Gasteiger partial charge in [-0.3, -0.25) is 9.59 Å². The SMILES string of the molecule is CCCC/C=C\CCCCCCCC(=O)OCCCCCCCCCCCCCCCCCCCCCCCCCCCCCC(=O)NC(CO)C(O)/C=C/CCCCCCCCCCCCCCCCCCCCCC. The predicted octanol–water partition coefficient (Wildman–Crippen LogP) is 22.5. The highest BCUT2D eigenvalue weighted by atomic mass is 16.5. The molecule has 2 atom stereocenters. The Hall–Kier alpha value is -1.66. The van der Waals surface area contributed by atoms with Crippen molar-refractivity contribution in [3.8, 4) is 0 Å². The fraction of sp³-hybridized carbons (Fsp3) is 0.915. The molecular weight excluding hydrogens is 947 g/mol. The molecule has 0 aromatic heterocycles. The van der Waals surface area contributed by atoms with Crippen molar-refractivity contribution in [3.05, 3.63) is 24.3 Å². The zero-order valence-electron chi connectivity index (χ0n) is 52.2. The molecule has 3 N–H and O–H groups in total. The Morgan fingerprint density at radius 3 is 0.961 bits per heavy atom. The summed E-state index contributed by atoms with van der Waals surface area (Å²) >= 11 is 0. The first kappa shape index (κ1) is 75.3. The quantitative estimate of drug-likeness (QED) is 0.0320.